The van der Waals surface area contributed by atoms with Crippen LogP contribution in [0.1, 0.15) is 74.3 Å². The van der Waals surface area contributed by atoms with Crippen LogP contribution in [-0.2, 0) is 6.42 Å². The lowest BCUT2D eigenvalue weighted by atomic mass is 9.67. The van der Waals surface area contributed by atoms with E-state index in [1.807, 2.05) is 0 Å². The van der Waals surface area contributed by atoms with Gasteiger partial charge in [0.2, 0.25) is 0 Å². The molecule has 1 aliphatic carbocycles. The summed E-state index contributed by atoms with van der Waals surface area (Å²) in [7, 11) is 0. The maximum atomic E-state index is 11.1. The average molecular weight is 503 g/mol. The molecule has 0 amide bonds. The zero-order chi connectivity index (χ0) is 27.4. The summed E-state index contributed by atoms with van der Waals surface area (Å²) >= 11 is 0. The molecule has 202 valence electrons. The first-order valence-corrected chi connectivity index (χ1v) is 14.0. The first kappa shape index (κ1) is 29.0. The topological polar surface area (TPSA) is 44.3 Å². The molecule has 3 rings (SSSR count). The largest absolute Gasteiger partial charge is 0.388 e. The van der Waals surface area contributed by atoms with Crippen LogP contribution in [0.4, 0.5) is 17.1 Å². The summed E-state index contributed by atoms with van der Waals surface area (Å²) in [5.41, 5.74) is 6.97. The van der Waals surface area contributed by atoms with Crippen molar-refractivity contribution in [1.82, 2.24) is 0 Å². The van der Waals surface area contributed by atoms with Gasteiger partial charge in [-0.1, -0.05) is 86.6 Å². The number of benzene rings is 2. The summed E-state index contributed by atoms with van der Waals surface area (Å²) in [6.07, 6.45) is 6.40. The molecule has 0 saturated carbocycles. The molecule has 37 heavy (non-hydrogen) atoms. The van der Waals surface area contributed by atoms with Crippen LogP contribution in [0.3, 0.4) is 0 Å². The third kappa shape index (κ3) is 8.50. The van der Waals surface area contributed by atoms with Gasteiger partial charge in [0.25, 0.3) is 0 Å². The van der Waals surface area contributed by atoms with Gasteiger partial charge in [-0.25, -0.2) is 0 Å². The molecule has 0 bridgehead atoms. The molecule has 2 aromatic carbocycles. The SMILES string of the molecule is CC(C)CC(C)Cc1cccc(Nc2ccc(NCC3=CC(C(C)(C)C)C(O)C(C(C)(C)C)=C3)cc2)c1. The van der Waals surface area contributed by atoms with Gasteiger partial charge in [-0.3, -0.25) is 0 Å². The Labute approximate surface area is 226 Å². The standard InChI is InChI=1S/C34H50N2O/c1-23(2)17-24(3)18-25-11-10-12-29(19-25)36-28-15-13-27(14-16-28)35-22-26-20-30(33(4,5)6)32(37)31(21-26)34(7,8)9/h10-16,19-21,23-24,30,32,35-37H,17-18,22H2,1-9H3. The van der Waals surface area contributed by atoms with Gasteiger partial charge in [-0.15, -0.1) is 0 Å². The van der Waals surface area contributed by atoms with E-state index in [1.165, 1.54) is 17.6 Å². The van der Waals surface area contributed by atoms with E-state index in [2.05, 4.69) is 134 Å². The van der Waals surface area contributed by atoms with E-state index < -0.39 is 6.10 Å². The molecule has 3 unspecified atom stereocenters. The van der Waals surface area contributed by atoms with Crippen LogP contribution >= 0.6 is 0 Å². The van der Waals surface area contributed by atoms with Gasteiger partial charge in [-0.05, 0) is 88.6 Å². The quantitative estimate of drug-likeness (QED) is 0.320. The summed E-state index contributed by atoms with van der Waals surface area (Å²) in [6, 6.07) is 17.3. The molecule has 0 saturated heterocycles. The van der Waals surface area contributed by atoms with Crippen molar-refractivity contribution in [3.05, 3.63) is 77.4 Å². The van der Waals surface area contributed by atoms with Crippen molar-refractivity contribution in [2.45, 2.75) is 81.3 Å². The summed E-state index contributed by atoms with van der Waals surface area (Å²) in [6.45, 7) is 20.9. The van der Waals surface area contributed by atoms with Gasteiger partial charge in [0.05, 0.1) is 6.10 Å². The third-order valence-electron chi connectivity index (χ3n) is 7.31. The van der Waals surface area contributed by atoms with Gasteiger partial charge in [-0.2, -0.15) is 0 Å². The molecule has 0 heterocycles. The molecule has 0 fully saturated rings. The van der Waals surface area contributed by atoms with E-state index in [4.69, 9.17) is 0 Å². The zero-order valence-electron chi connectivity index (χ0n) is 24.7. The predicted molar refractivity (Wildman–Crippen MR) is 162 cm³/mol. The van der Waals surface area contributed by atoms with Crippen LogP contribution in [0.15, 0.2) is 71.8 Å². The number of aliphatic hydroxyl groups excluding tert-OH is 1. The number of hydrogen-bond donors (Lipinski definition) is 3. The Kier molecular flexibility index (Phi) is 9.34. The van der Waals surface area contributed by atoms with Crippen molar-refractivity contribution in [2.24, 2.45) is 28.6 Å². The summed E-state index contributed by atoms with van der Waals surface area (Å²) < 4.78 is 0. The first-order chi connectivity index (χ1) is 17.2. The lowest BCUT2D eigenvalue weighted by Gasteiger charge is -2.40. The van der Waals surface area contributed by atoms with Gasteiger partial charge in [0, 0.05) is 29.5 Å². The molecule has 3 nitrogen and oxygen atoms in total. The highest BCUT2D eigenvalue weighted by Crippen LogP contribution is 2.42. The Bertz CT molecular complexity index is 1080. The minimum Gasteiger partial charge on any atom is -0.388 e. The Morgan fingerprint density at radius 2 is 1.51 bits per heavy atom. The van der Waals surface area contributed by atoms with Crippen LogP contribution in [0.5, 0.6) is 0 Å². The number of nitrogens with one attached hydrogen (secondary N) is 2. The van der Waals surface area contributed by atoms with Crippen LogP contribution < -0.4 is 10.6 Å². The van der Waals surface area contributed by atoms with E-state index in [0.29, 0.717) is 5.92 Å². The lowest BCUT2D eigenvalue weighted by Crippen LogP contribution is -2.38. The van der Waals surface area contributed by atoms with Crippen molar-refractivity contribution < 1.29 is 5.11 Å². The monoisotopic (exact) mass is 502 g/mol. The molecule has 0 spiro atoms. The molecular formula is C34H50N2O. The minimum atomic E-state index is -0.439. The minimum absolute atomic E-state index is 0.00743. The van der Waals surface area contributed by atoms with Gasteiger partial charge in [0.1, 0.15) is 0 Å². The summed E-state index contributed by atoms with van der Waals surface area (Å²) in [5.74, 6) is 1.52. The van der Waals surface area contributed by atoms with E-state index in [0.717, 1.165) is 41.5 Å². The molecule has 0 radical (unpaired) electrons. The van der Waals surface area contributed by atoms with E-state index in [9.17, 15) is 5.11 Å². The Morgan fingerprint density at radius 1 is 0.865 bits per heavy atom. The van der Waals surface area contributed by atoms with Gasteiger partial charge >= 0.3 is 0 Å². The second kappa shape index (κ2) is 11.9. The Balaban J connectivity index is 1.64. The van der Waals surface area contributed by atoms with Crippen molar-refractivity contribution in [2.75, 3.05) is 17.2 Å². The molecule has 0 aliphatic heterocycles. The molecule has 1 aliphatic rings. The fourth-order valence-electron chi connectivity index (χ4n) is 5.45. The highest BCUT2D eigenvalue weighted by atomic mass is 16.3. The predicted octanol–water partition coefficient (Wildman–Crippen LogP) is 9.00. The molecular weight excluding hydrogens is 452 g/mol. The number of aliphatic hydroxyl groups is 1. The van der Waals surface area contributed by atoms with Crippen LogP contribution in [0.25, 0.3) is 0 Å². The smallest absolute Gasteiger partial charge is 0.0826 e. The van der Waals surface area contributed by atoms with Crippen LogP contribution in [0.2, 0.25) is 0 Å². The maximum Gasteiger partial charge on any atom is 0.0826 e. The Morgan fingerprint density at radius 3 is 2.11 bits per heavy atom. The number of rotatable bonds is 9. The van der Waals surface area contributed by atoms with Crippen molar-refractivity contribution in [1.29, 1.82) is 0 Å². The molecule has 3 heteroatoms. The van der Waals surface area contributed by atoms with E-state index in [-0.39, 0.29) is 16.7 Å². The molecule has 3 N–H and O–H groups in total. The van der Waals surface area contributed by atoms with Crippen LogP contribution in [0, 0.1) is 28.6 Å². The van der Waals surface area contributed by atoms with Crippen molar-refractivity contribution >= 4 is 17.1 Å². The Hall–Kier alpha value is -2.52. The van der Waals surface area contributed by atoms with Crippen molar-refractivity contribution in [3.63, 3.8) is 0 Å². The van der Waals surface area contributed by atoms with E-state index >= 15 is 0 Å². The molecule has 2 aromatic rings. The highest BCUT2D eigenvalue weighted by Gasteiger charge is 2.37. The molecule has 0 aromatic heterocycles. The normalized spacial score (nSPS) is 19.3. The second-order valence-electron chi connectivity index (χ2n) is 13.6. The summed E-state index contributed by atoms with van der Waals surface area (Å²) in [5, 5.41) is 18.3. The van der Waals surface area contributed by atoms with Crippen LogP contribution in [-0.4, -0.2) is 17.8 Å². The fraction of sp³-hybridized carbons (Fsp3) is 0.529. The lowest BCUT2D eigenvalue weighted by molar-refractivity contribution is 0.0818. The van der Waals surface area contributed by atoms with Gasteiger partial charge < -0.3 is 15.7 Å². The highest BCUT2D eigenvalue weighted by molar-refractivity contribution is 5.63. The van der Waals surface area contributed by atoms with Crippen molar-refractivity contribution in [3.8, 4) is 0 Å². The number of hydrogen-bond acceptors (Lipinski definition) is 3. The third-order valence-corrected chi connectivity index (χ3v) is 7.31. The van der Waals surface area contributed by atoms with Gasteiger partial charge in [0.15, 0.2) is 0 Å². The second-order valence-corrected chi connectivity index (χ2v) is 13.6. The first-order valence-electron chi connectivity index (χ1n) is 14.0. The molecule has 3 atom stereocenters. The summed E-state index contributed by atoms with van der Waals surface area (Å²) in [4.78, 5) is 0. The zero-order valence-corrected chi connectivity index (χ0v) is 24.7. The fourth-order valence-corrected chi connectivity index (χ4v) is 5.45. The maximum absolute atomic E-state index is 11.1. The average Bonchev–Trinajstić information content (AvgIpc) is 2.77. The number of anilines is 3. The van der Waals surface area contributed by atoms with E-state index in [1.54, 1.807) is 0 Å².